The molecule has 0 aliphatic carbocycles. The molecule has 0 saturated heterocycles. The molecule has 0 spiro atoms. The van der Waals surface area contributed by atoms with Gasteiger partial charge in [-0.3, -0.25) is 0 Å². The van der Waals surface area contributed by atoms with Crippen LogP contribution in [0.25, 0.3) is 11.1 Å². The Morgan fingerprint density at radius 3 is 2.38 bits per heavy atom. The fraction of sp³-hybridized carbons (Fsp3) is 0.235. The monoisotopic (exact) mass is 288 g/mol. The van der Waals surface area contributed by atoms with Crippen molar-refractivity contribution >= 4 is 5.97 Å². The third kappa shape index (κ3) is 3.11. The highest BCUT2D eigenvalue weighted by Crippen LogP contribution is 2.27. The second-order valence-corrected chi connectivity index (χ2v) is 4.85. The highest BCUT2D eigenvalue weighted by molar-refractivity contribution is 5.81. The summed E-state index contributed by atoms with van der Waals surface area (Å²) in [5.41, 5.74) is -0.165. The lowest BCUT2D eigenvalue weighted by Gasteiger charge is -2.21. The van der Waals surface area contributed by atoms with E-state index in [2.05, 4.69) is 0 Å². The van der Waals surface area contributed by atoms with E-state index >= 15 is 0 Å². The molecule has 0 aliphatic rings. The molecular formula is C17H17FO3. The quantitative estimate of drug-likeness (QED) is 0.878. The molecule has 0 radical (unpaired) electrons. The van der Waals surface area contributed by atoms with Gasteiger partial charge in [0.15, 0.2) is 5.60 Å². The van der Waals surface area contributed by atoms with Gasteiger partial charge in [0.25, 0.3) is 0 Å². The summed E-state index contributed by atoms with van der Waals surface area (Å²) in [5, 5.41) is 10.3. The maximum atomic E-state index is 13.7. The van der Waals surface area contributed by atoms with Gasteiger partial charge in [0, 0.05) is 5.56 Å². The van der Waals surface area contributed by atoms with Crippen LogP contribution in [0, 0.1) is 5.82 Å². The summed E-state index contributed by atoms with van der Waals surface area (Å²) in [6.45, 7) is 3.25. The number of aliphatic hydroxyl groups is 1. The topological polar surface area (TPSA) is 46.5 Å². The van der Waals surface area contributed by atoms with Gasteiger partial charge in [-0.15, -0.1) is 0 Å². The van der Waals surface area contributed by atoms with E-state index in [1.807, 2.05) is 0 Å². The average molecular weight is 288 g/mol. The van der Waals surface area contributed by atoms with Gasteiger partial charge >= 0.3 is 5.97 Å². The van der Waals surface area contributed by atoms with E-state index in [-0.39, 0.29) is 12.4 Å². The van der Waals surface area contributed by atoms with Gasteiger partial charge in [-0.1, -0.05) is 42.5 Å². The SMILES string of the molecule is CCOC(=O)C(C)(O)c1ccc(-c2ccccc2F)cc1. The number of ether oxygens (including phenoxy) is 1. The number of benzene rings is 2. The molecule has 4 heteroatoms. The van der Waals surface area contributed by atoms with Crippen LogP contribution in [0.15, 0.2) is 48.5 Å². The Morgan fingerprint density at radius 1 is 1.19 bits per heavy atom. The molecular weight excluding hydrogens is 271 g/mol. The van der Waals surface area contributed by atoms with Crippen molar-refractivity contribution in [3.05, 3.63) is 59.9 Å². The van der Waals surface area contributed by atoms with Gasteiger partial charge in [-0.05, 0) is 31.0 Å². The van der Waals surface area contributed by atoms with Gasteiger partial charge in [-0.2, -0.15) is 0 Å². The van der Waals surface area contributed by atoms with E-state index < -0.39 is 11.6 Å². The smallest absolute Gasteiger partial charge is 0.342 e. The van der Waals surface area contributed by atoms with Gasteiger partial charge in [-0.25, -0.2) is 9.18 Å². The Kier molecular flexibility index (Phi) is 4.38. The Hall–Kier alpha value is -2.20. The fourth-order valence-electron chi connectivity index (χ4n) is 2.06. The minimum atomic E-state index is -1.72. The van der Waals surface area contributed by atoms with Crippen LogP contribution in [0.5, 0.6) is 0 Å². The summed E-state index contributed by atoms with van der Waals surface area (Å²) in [5.74, 6) is -1.02. The Morgan fingerprint density at radius 2 is 1.81 bits per heavy atom. The van der Waals surface area contributed by atoms with Crippen molar-refractivity contribution in [2.75, 3.05) is 6.61 Å². The Bertz CT molecular complexity index is 633. The van der Waals surface area contributed by atoms with Crippen LogP contribution in [0.2, 0.25) is 0 Å². The van der Waals surface area contributed by atoms with Crippen molar-refractivity contribution in [2.45, 2.75) is 19.4 Å². The molecule has 2 aromatic rings. The minimum Gasteiger partial charge on any atom is -0.464 e. The molecule has 2 aromatic carbocycles. The van der Waals surface area contributed by atoms with E-state index in [1.54, 1.807) is 49.4 Å². The number of hydrogen-bond donors (Lipinski definition) is 1. The molecule has 110 valence electrons. The first-order chi connectivity index (χ1) is 9.96. The maximum Gasteiger partial charge on any atom is 0.342 e. The number of esters is 1. The largest absolute Gasteiger partial charge is 0.464 e. The molecule has 0 amide bonds. The second kappa shape index (κ2) is 6.06. The van der Waals surface area contributed by atoms with Crippen LogP contribution in [-0.2, 0) is 15.1 Å². The first-order valence-electron chi connectivity index (χ1n) is 6.72. The zero-order chi connectivity index (χ0) is 15.5. The number of carbonyl (C=O) groups is 1. The number of rotatable bonds is 4. The molecule has 21 heavy (non-hydrogen) atoms. The fourth-order valence-corrected chi connectivity index (χ4v) is 2.06. The number of hydrogen-bond acceptors (Lipinski definition) is 3. The molecule has 0 bridgehead atoms. The first kappa shape index (κ1) is 15.2. The molecule has 0 heterocycles. The molecule has 0 fully saturated rings. The normalized spacial score (nSPS) is 13.5. The van der Waals surface area contributed by atoms with Crippen molar-refractivity contribution in [3.63, 3.8) is 0 Å². The predicted molar refractivity (Wildman–Crippen MR) is 78.0 cm³/mol. The number of halogens is 1. The molecule has 2 rings (SSSR count). The van der Waals surface area contributed by atoms with Crippen molar-refractivity contribution in [2.24, 2.45) is 0 Å². The van der Waals surface area contributed by atoms with Gasteiger partial charge in [0.05, 0.1) is 6.61 Å². The van der Waals surface area contributed by atoms with Crippen LogP contribution in [0.3, 0.4) is 0 Å². The van der Waals surface area contributed by atoms with E-state index in [4.69, 9.17) is 4.74 Å². The molecule has 3 nitrogen and oxygen atoms in total. The summed E-state index contributed by atoms with van der Waals surface area (Å²) >= 11 is 0. The van der Waals surface area contributed by atoms with Crippen molar-refractivity contribution in [1.29, 1.82) is 0 Å². The van der Waals surface area contributed by atoms with E-state index in [0.717, 1.165) is 0 Å². The zero-order valence-corrected chi connectivity index (χ0v) is 12.0. The predicted octanol–water partition coefficient (Wildman–Crippen LogP) is 3.26. The third-order valence-electron chi connectivity index (χ3n) is 3.30. The van der Waals surface area contributed by atoms with Crippen LogP contribution < -0.4 is 0 Å². The molecule has 1 unspecified atom stereocenters. The van der Waals surface area contributed by atoms with Gasteiger partial charge in [0.1, 0.15) is 5.82 Å². The lowest BCUT2D eigenvalue weighted by Crippen LogP contribution is -2.34. The summed E-state index contributed by atoms with van der Waals surface area (Å²) in [6, 6.07) is 13.0. The van der Waals surface area contributed by atoms with Crippen molar-refractivity contribution in [3.8, 4) is 11.1 Å². The highest BCUT2D eigenvalue weighted by Gasteiger charge is 2.33. The maximum absolute atomic E-state index is 13.7. The van der Waals surface area contributed by atoms with Crippen molar-refractivity contribution < 1.29 is 19.0 Å². The molecule has 0 saturated carbocycles. The summed E-state index contributed by atoms with van der Waals surface area (Å²) < 4.78 is 18.6. The number of carbonyl (C=O) groups excluding carboxylic acids is 1. The molecule has 0 aromatic heterocycles. The van der Waals surface area contributed by atoms with Crippen LogP contribution in [-0.4, -0.2) is 17.7 Å². The van der Waals surface area contributed by atoms with E-state index in [9.17, 15) is 14.3 Å². The molecule has 1 N–H and O–H groups in total. The zero-order valence-electron chi connectivity index (χ0n) is 12.0. The van der Waals surface area contributed by atoms with Gasteiger partial charge < -0.3 is 9.84 Å². The highest BCUT2D eigenvalue weighted by atomic mass is 19.1. The standard InChI is InChI=1S/C17H17FO3/c1-3-21-16(19)17(2,20)13-10-8-12(9-11-13)14-6-4-5-7-15(14)18/h4-11,20H,3H2,1-2H3. The third-order valence-corrected chi connectivity index (χ3v) is 3.30. The lowest BCUT2D eigenvalue weighted by molar-refractivity contribution is -0.164. The molecule has 1 atom stereocenters. The molecule has 0 aliphatic heterocycles. The van der Waals surface area contributed by atoms with Crippen LogP contribution >= 0.6 is 0 Å². The average Bonchev–Trinajstić information content (AvgIpc) is 2.48. The first-order valence-corrected chi connectivity index (χ1v) is 6.72. The summed E-state index contributed by atoms with van der Waals surface area (Å²) in [6.07, 6.45) is 0. The van der Waals surface area contributed by atoms with E-state index in [0.29, 0.717) is 16.7 Å². The minimum absolute atomic E-state index is 0.197. The Labute approximate surface area is 123 Å². The second-order valence-electron chi connectivity index (χ2n) is 4.85. The summed E-state index contributed by atoms with van der Waals surface area (Å²) in [4.78, 5) is 11.7. The Balaban J connectivity index is 2.31. The van der Waals surface area contributed by atoms with Crippen LogP contribution in [0.1, 0.15) is 19.4 Å². The van der Waals surface area contributed by atoms with Crippen molar-refractivity contribution in [1.82, 2.24) is 0 Å². The summed E-state index contributed by atoms with van der Waals surface area (Å²) in [7, 11) is 0. The van der Waals surface area contributed by atoms with Gasteiger partial charge in [0.2, 0.25) is 0 Å². The van der Waals surface area contributed by atoms with E-state index in [1.165, 1.54) is 13.0 Å². The van der Waals surface area contributed by atoms with Crippen LogP contribution in [0.4, 0.5) is 4.39 Å². The lowest BCUT2D eigenvalue weighted by atomic mass is 9.94.